The average molecular weight is 519 g/mol. The van der Waals surface area contributed by atoms with Gasteiger partial charge >= 0.3 is 17.9 Å². The van der Waals surface area contributed by atoms with Crippen LogP contribution in [0, 0.1) is 16.7 Å². The highest BCUT2D eigenvalue weighted by Crippen LogP contribution is 2.72. The monoisotopic (exact) mass is 518 g/mol. The van der Waals surface area contributed by atoms with Crippen molar-refractivity contribution in [2.75, 3.05) is 19.8 Å². The second-order valence-corrected chi connectivity index (χ2v) is 11.0. The van der Waals surface area contributed by atoms with Crippen molar-refractivity contribution in [1.29, 1.82) is 0 Å². The van der Waals surface area contributed by atoms with E-state index in [1.807, 2.05) is 0 Å². The molecule has 0 aromatic carbocycles. The molecule has 2 saturated heterocycles. The third kappa shape index (κ3) is 4.34. The van der Waals surface area contributed by atoms with Gasteiger partial charge in [0.15, 0.2) is 6.10 Å². The molecule has 0 aromatic rings. The maximum absolute atomic E-state index is 12.9. The Kier molecular flexibility index (Phi) is 7.44. The van der Waals surface area contributed by atoms with E-state index in [2.05, 4.69) is 19.9 Å². The lowest BCUT2D eigenvalue weighted by Gasteiger charge is -2.58. The Balaban J connectivity index is 0.00000320. The second-order valence-electron chi connectivity index (χ2n) is 11.0. The van der Waals surface area contributed by atoms with Crippen molar-refractivity contribution in [2.24, 2.45) is 16.7 Å². The zero-order valence-corrected chi connectivity index (χ0v) is 20.9. The number of esters is 3. The van der Waals surface area contributed by atoms with Gasteiger partial charge in [-0.05, 0) is 32.1 Å². The number of cyclic esters (lactones) is 2. The summed E-state index contributed by atoms with van der Waals surface area (Å²) in [5, 5.41) is 10.6. The van der Waals surface area contributed by atoms with Crippen LogP contribution in [-0.4, -0.2) is 72.9 Å². The summed E-state index contributed by atoms with van der Waals surface area (Å²) in [5.41, 5.74) is -0.820. The summed E-state index contributed by atoms with van der Waals surface area (Å²) in [4.78, 5) is 37.6. The topological polar surface area (TPSA) is 121 Å². The molecule has 1 N–H and O–H groups in total. The highest BCUT2D eigenvalue weighted by molar-refractivity contribution is 5.84. The molecule has 9 nitrogen and oxygen atoms in total. The van der Waals surface area contributed by atoms with Gasteiger partial charge in [-0.25, -0.2) is 14.4 Å². The molecule has 1 saturated carbocycles. The summed E-state index contributed by atoms with van der Waals surface area (Å²) >= 11 is 0. The van der Waals surface area contributed by atoms with E-state index in [0.717, 1.165) is 6.42 Å². The molecule has 3 aliphatic heterocycles. The Hall–Kier alpha value is -2.49. The molecule has 1 unspecified atom stereocenters. The van der Waals surface area contributed by atoms with Crippen molar-refractivity contribution in [2.45, 2.75) is 83.9 Å². The van der Waals surface area contributed by atoms with E-state index in [1.54, 1.807) is 6.92 Å². The summed E-state index contributed by atoms with van der Waals surface area (Å²) in [6.45, 7) is 6.34. The van der Waals surface area contributed by atoms with Gasteiger partial charge in [0.2, 0.25) is 0 Å². The molecule has 5 rings (SSSR count). The van der Waals surface area contributed by atoms with Gasteiger partial charge in [0.1, 0.15) is 18.3 Å². The van der Waals surface area contributed by atoms with Gasteiger partial charge in [0, 0.05) is 24.0 Å². The number of carbonyl (C=O) groups is 3. The van der Waals surface area contributed by atoms with Gasteiger partial charge in [-0.15, -0.1) is 0 Å². The van der Waals surface area contributed by atoms with Gasteiger partial charge < -0.3 is 28.8 Å². The van der Waals surface area contributed by atoms with Crippen LogP contribution in [0.5, 0.6) is 0 Å². The standard InChI is InChI=1S/C27H34O9.CH4/c1-16-8-10-26-14-33-24(31)23(30)17(2)9-11-32-21(28)6-4-5-7-22(29)36-18-13-20(35-19(26)12-16)27(15-34-27)25(18,26)3;/h4-7,12,17-20,23,30H,8-11,13-15H2,1-3H3;1H4/b6-4+,7-5+;/t17-,18-,19-,20+,23?,25+,26-,27+;/m1./s1. The van der Waals surface area contributed by atoms with E-state index < -0.39 is 52.5 Å². The molecule has 9 heteroatoms. The molecule has 2 bridgehead atoms. The van der Waals surface area contributed by atoms with Crippen molar-refractivity contribution in [3.63, 3.8) is 0 Å². The third-order valence-electron chi connectivity index (χ3n) is 9.12. The zero-order chi connectivity index (χ0) is 25.7. The quantitative estimate of drug-likeness (QED) is 0.223. The number of hydrogen-bond donors (Lipinski definition) is 1. The van der Waals surface area contributed by atoms with Crippen LogP contribution in [0.2, 0.25) is 0 Å². The van der Waals surface area contributed by atoms with E-state index in [-0.39, 0.29) is 39.3 Å². The minimum atomic E-state index is -1.37. The maximum Gasteiger partial charge on any atom is 0.335 e. The molecule has 2 spiro atoms. The number of carbonyl (C=O) groups excluding carboxylic acids is 3. The Bertz CT molecular complexity index is 1020. The van der Waals surface area contributed by atoms with E-state index in [4.69, 9.17) is 23.7 Å². The summed E-state index contributed by atoms with van der Waals surface area (Å²) < 4.78 is 29.6. The van der Waals surface area contributed by atoms with Crippen LogP contribution in [0.3, 0.4) is 0 Å². The van der Waals surface area contributed by atoms with E-state index in [9.17, 15) is 19.5 Å². The number of hydrogen-bond acceptors (Lipinski definition) is 9. The molecule has 3 fully saturated rings. The van der Waals surface area contributed by atoms with Crippen LogP contribution in [0.1, 0.15) is 53.9 Å². The SMILES string of the molecule is C.CC1=C[C@H]2O[C@H]3C[C@H]4OC(=O)/C=C/C=C/C(=O)OCC[C@@H](C)C(O)C(=O)OC[C@@]2(CC1)[C@@]4(C)[C@]31CO1. The highest BCUT2D eigenvalue weighted by atomic mass is 16.6. The number of epoxide rings is 1. The number of aliphatic hydroxyl groups excluding tert-OH is 1. The van der Waals surface area contributed by atoms with Gasteiger partial charge in [0.25, 0.3) is 0 Å². The van der Waals surface area contributed by atoms with Crippen molar-refractivity contribution in [3.8, 4) is 0 Å². The Labute approximate surface area is 217 Å². The first kappa shape index (κ1) is 27.5. The van der Waals surface area contributed by atoms with Crippen LogP contribution in [0.4, 0.5) is 0 Å². The average Bonchev–Trinajstić information content (AvgIpc) is 3.62. The van der Waals surface area contributed by atoms with Crippen molar-refractivity contribution in [1.82, 2.24) is 0 Å². The minimum Gasteiger partial charge on any atom is -0.463 e. The molecule has 204 valence electrons. The third-order valence-corrected chi connectivity index (χ3v) is 9.12. The summed E-state index contributed by atoms with van der Waals surface area (Å²) in [5.74, 6) is -2.34. The lowest BCUT2D eigenvalue weighted by Crippen LogP contribution is -2.66. The Morgan fingerprint density at radius 3 is 2.43 bits per heavy atom. The molecular formula is C28H38O9. The van der Waals surface area contributed by atoms with Gasteiger partial charge in [0.05, 0.1) is 30.8 Å². The zero-order valence-electron chi connectivity index (χ0n) is 20.9. The summed E-state index contributed by atoms with van der Waals surface area (Å²) in [6, 6.07) is 0. The summed E-state index contributed by atoms with van der Waals surface area (Å²) in [6.07, 6.45) is 7.11. The fourth-order valence-electron chi connectivity index (χ4n) is 6.65. The van der Waals surface area contributed by atoms with Crippen LogP contribution >= 0.6 is 0 Å². The first-order valence-electron chi connectivity index (χ1n) is 12.7. The van der Waals surface area contributed by atoms with Gasteiger partial charge in [-0.3, -0.25) is 0 Å². The molecule has 2 aliphatic carbocycles. The molecular weight excluding hydrogens is 480 g/mol. The van der Waals surface area contributed by atoms with Crippen LogP contribution in [0.25, 0.3) is 0 Å². The second kappa shape index (κ2) is 10.0. The predicted octanol–water partition coefficient (Wildman–Crippen LogP) is 2.81. The van der Waals surface area contributed by atoms with Crippen molar-refractivity contribution in [3.05, 3.63) is 36.0 Å². The maximum atomic E-state index is 12.9. The van der Waals surface area contributed by atoms with Crippen LogP contribution < -0.4 is 0 Å². The predicted molar refractivity (Wildman–Crippen MR) is 132 cm³/mol. The van der Waals surface area contributed by atoms with Gasteiger partial charge in [-0.1, -0.05) is 45.1 Å². The molecule has 8 atom stereocenters. The fraction of sp³-hybridized carbons (Fsp3) is 0.679. The number of allylic oxidation sites excluding steroid dienone is 3. The molecule has 0 aromatic heterocycles. The van der Waals surface area contributed by atoms with E-state index in [0.29, 0.717) is 19.4 Å². The van der Waals surface area contributed by atoms with Crippen LogP contribution in [-0.2, 0) is 38.1 Å². The number of rotatable bonds is 0. The van der Waals surface area contributed by atoms with Gasteiger partial charge in [-0.2, -0.15) is 0 Å². The minimum absolute atomic E-state index is 0. The Morgan fingerprint density at radius 2 is 1.73 bits per heavy atom. The van der Waals surface area contributed by atoms with Crippen LogP contribution in [0.15, 0.2) is 36.0 Å². The largest absolute Gasteiger partial charge is 0.463 e. The molecule has 3 heterocycles. The van der Waals surface area contributed by atoms with E-state index >= 15 is 0 Å². The lowest BCUT2D eigenvalue weighted by molar-refractivity contribution is -0.234. The van der Waals surface area contributed by atoms with Crippen molar-refractivity contribution < 1.29 is 43.2 Å². The molecule has 5 aliphatic rings. The van der Waals surface area contributed by atoms with Crippen molar-refractivity contribution >= 4 is 17.9 Å². The molecule has 0 amide bonds. The smallest absolute Gasteiger partial charge is 0.335 e. The fourth-order valence-corrected chi connectivity index (χ4v) is 6.65. The first-order chi connectivity index (χ1) is 17.1. The highest BCUT2D eigenvalue weighted by Gasteiger charge is 2.83. The lowest BCUT2D eigenvalue weighted by atomic mass is 9.51. The number of aliphatic hydroxyl groups is 1. The van der Waals surface area contributed by atoms with E-state index in [1.165, 1.54) is 29.9 Å². The normalized spacial score (nSPS) is 45.6. The summed E-state index contributed by atoms with van der Waals surface area (Å²) in [7, 11) is 0. The molecule has 0 radical (unpaired) electrons. The molecule has 37 heavy (non-hydrogen) atoms. The number of ether oxygens (including phenoxy) is 5. The Morgan fingerprint density at radius 1 is 1.03 bits per heavy atom. The first-order valence-corrected chi connectivity index (χ1v) is 12.7.